The normalized spacial score (nSPS) is 24.8. The molecule has 1 aliphatic rings. The van der Waals surface area contributed by atoms with Gasteiger partial charge in [0.25, 0.3) is 0 Å². The van der Waals surface area contributed by atoms with Crippen LogP contribution in [0.1, 0.15) is 25.0 Å². The van der Waals surface area contributed by atoms with E-state index >= 15 is 0 Å². The summed E-state index contributed by atoms with van der Waals surface area (Å²) >= 11 is 0. The van der Waals surface area contributed by atoms with Crippen molar-refractivity contribution >= 4 is 11.9 Å². The Kier molecular flexibility index (Phi) is 2.68. The molecule has 0 bridgehead atoms. The second-order valence-electron chi connectivity index (χ2n) is 4.03. The molecule has 16 heavy (non-hydrogen) atoms. The van der Waals surface area contributed by atoms with Crippen LogP contribution in [0.3, 0.4) is 0 Å². The zero-order valence-electron chi connectivity index (χ0n) is 8.84. The van der Waals surface area contributed by atoms with Crippen molar-refractivity contribution in [3.05, 3.63) is 24.2 Å². The lowest BCUT2D eigenvalue weighted by atomic mass is 10.2. The molecule has 0 aliphatic heterocycles. The summed E-state index contributed by atoms with van der Waals surface area (Å²) < 4.78 is 5.19. The van der Waals surface area contributed by atoms with Crippen LogP contribution in [0, 0.1) is 5.92 Å². The van der Waals surface area contributed by atoms with Gasteiger partial charge in [-0.3, -0.25) is 9.59 Å². The molecule has 0 spiro atoms. The Labute approximate surface area is 92.4 Å². The van der Waals surface area contributed by atoms with Crippen LogP contribution in [0.2, 0.25) is 0 Å². The van der Waals surface area contributed by atoms with E-state index in [2.05, 4.69) is 5.32 Å². The Morgan fingerprint density at radius 3 is 2.94 bits per heavy atom. The quantitative estimate of drug-likeness (QED) is 0.797. The molecule has 1 heterocycles. The molecule has 1 aromatic heterocycles. The maximum Gasteiger partial charge on any atom is 0.325 e. The smallest absolute Gasteiger partial charge is 0.325 e. The molecule has 1 saturated carbocycles. The summed E-state index contributed by atoms with van der Waals surface area (Å²) in [6.07, 6.45) is 2.30. The van der Waals surface area contributed by atoms with Crippen molar-refractivity contribution in [2.75, 3.05) is 0 Å². The van der Waals surface area contributed by atoms with E-state index in [1.54, 1.807) is 12.3 Å². The van der Waals surface area contributed by atoms with Gasteiger partial charge >= 0.3 is 5.97 Å². The fourth-order valence-electron chi connectivity index (χ4n) is 1.68. The molecule has 86 valence electrons. The monoisotopic (exact) mass is 223 g/mol. The number of furan rings is 1. The fourth-order valence-corrected chi connectivity index (χ4v) is 1.68. The third-order valence-electron chi connectivity index (χ3n) is 2.77. The first-order valence-electron chi connectivity index (χ1n) is 5.16. The minimum atomic E-state index is -1.02. The molecule has 2 N–H and O–H groups in total. The first-order chi connectivity index (χ1) is 7.59. The average Bonchev–Trinajstić information content (AvgIpc) is 2.85. The summed E-state index contributed by atoms with van der Waals surface area (Å²) in [6.45, 7) is 1.45. The van der Waals surface area contributed by atoms with Gasteiger partial charge in [-0.1, -0.05) is 0 Å². The van der Waals surface area contributed by atoms with Crippen molar-refractivity contribution in [3.8, 4) is 0 Å². The van der Waals surface area contributed by atoms with Gasteiger partial charge in [-0.2, -0.15) is 0 Å². The molecule has 5 heteroatoms. The molecular formula is C11H13NO4. The highest BCUT2D eigenvalue weighted by molar-refractivity contribution is 5.87. The van der Waals surface area contributed by atoms with E-state index in [1.807, 2.05) is 6.07 Å². The van der Waals surface area contributed by atoms with Crippen molar-refractivity contribution in [2.45, 2.75) is 25.3 Å². The second-order valence-corrected chi connectivity index (χ2v) is 4.03. The number of carboxylic acids is 1. The predicted octanol–water partition coefficient (Wildman–Crippen LogP) is 0.972. The molecule has 0 aromatic carbocycles. The van der Waals surface area contributed by atoms with Gasteiger partial charge in [0.2, 0.25) is 5.91 Å². The topological polar surface area (TPSA) is 79.5 Å². The zero-order chi connectivity index (χ0) is 11.7. The molecule has 2 rings (SSSR count). The van der Waals surface area contributed by atoms with Gasteiger partial charge in [-0.25, -0.2) is 0 Å². The Hall–Kier alpha value is -1.78. The number of hydrogen-bond donors (Lipinski definition) is 2. The summed E-state index contributed by atoms with van der Waals surface area (Å²) in [5, 5.41) is 11.1. The highest BCUT2D eigenvalue weighted by atomic mass is 16.4. The maximum atomic E-state index is 11.6. The molecule has 3 atom stereocenters. The van der Waals surface area contributed by atoms with Crippen molar-refractivity contribution in [3.63, 3.8) is 0 Å². The third-order valence-corrected chi connectivity index (χ3v) is 2.77. The predicted molar refractivity (Wildman–Crippen MR) is 54.8 cm³/mol. The average molecular weight is 223 g/mol. The number of hydrogen-bond acceptors (Lipinski definition) is 3. The first-order valence-corrected chi connectivity index (χ1v) is 5.16. The Morgan fingerprint density at radius 1 is 1.62 bits per heavy atom. The Bertz CT molecular complexity index is 398. The molecule has 1 fully saturated rings. The van der Waals surface area contributed by atoms with Crippen LogP contribution in [0.4, 0.5) is 0 Å². The number of carbonyl (C=O) groups excluding carboxylic acids is 1. The number of rotatable bonds is 4. The van der Waals surface area contributed by atoms with Crippen LogP contribution in [-0.2, 0) is 9.59 Å². The molecule has 0 saturated heterocycles. The highest BCUT2D eigenvalue weighted by Gasteiger charge is 2.46. The number of carboxylic acid groups (broad SMARTS) is 1. The van der Waals surface area contributed by atoms with Crippen molar-refractivity contribution in [2.24, 2.45) is 5.92 Å². The first kappa shape index (κ1) is 10.7. The van der Waals surface area contributed by atoms with Crippen LogP contribution in [0.5, 0.6) is 0 Å². The van der Waals surface area contributed by atoms with Gasteiger partial charge in [0.15, 0.2) is 0 Å². The number of aliphatic carboxylic acids is 1. The minimum absolute atomic E-state index is 0.107. The molecule has 1 aromatic rings. The summed E-state index contributed by atoms with van der Waals surface area (Å²) in [4.78, 5) is 22.2. The van der Waals surface area contributed by atoms with E-state index in [0.717, 1.165) is 12.2 Å². The van der Waals surface area contributed by atoms with Crippen molar-refractivity contribution in [1.29, 1.82) is 0 Å². The Balaban J connectivity index is 1.88. The molecule has 2 unspecified atom stereocenters. The van der Waals surface area contributed by atoms with Crippen LogP contribution < -0.4 is 5.32 Å². The van der Waals surface area contributed by atoms with Gasteiger partial charge in [-0.15, -0.1) is 0 Å². The minimum Gasteiger partial charge on any atom is -0.480 e. The van der Waals surface area contributed by atoms with Gasteiger partial charge in [0, 0.05) is 11.8 Å². The summed E-state index contributed by atoms with van der Waals surface area (Å²) in [6, 6.07) is 2.77. The van der Waals surface area contributed by atoms with Gasteiger partial charge in [-0.05, 0) is 25.5 Å². The van der Waals surface area contributed by atoms with Crippen molar-refractivity contribution in [1.82, 2.24) is 5.32 Å². The van der Waals surface area contributed by atoms with Crippen molar-refractivity contribution < 1.29 is 19.1 Å². The Morgan fingerprint density at radius 2 is 2.38 bits per heavy atom. The molecule has 1 aliphatic carbocycles. The van der Waals surface area contributed by atoms with E-state index in [9.17, 15) is 9.59 Å². The van der Waals surface area contributed by atoms with Crippen LogP contribution in [-0.4, -0.2) is 23.0 Å². The van der Waals surface area contributed by atoms with E-state index in [1.165, 1.54) is 6.92 Å². The summed E-state index contributed by atoms with van der Waals surface area (Å²) in [5.74, 6) is -0.480. The molecule has 5 nitrogen and oxygen atoms in total. The van der Waals surface area contributed by atoms with Crippen LogP contribution >= 0.6 is 0 Å². The van der Waals surface area contributed by atoms with Gasteiger partial charge in [0.1, 0.15) is 11.8 Å². The highest BCUT2D eigenvalue weighted by Crippen LogP contribution is 2.47. The molecular weight excluding hydrogens is 210 g/mol. The number of nitrogens with one attached hydrogen (secondary N) is 1. The fraction of sp³-hybridized carbons (Fsp3) is 0.455. The lowest BCUT2D eigenvalue weighted by Gasteiger charge is -2.08. The van der Waals surface area contributed by atoms with E-state index < -0.39 is 12.0 Å². The molecule has 0 radical (unpaired) electrons. The van der Waals surface area contributed by atoms with Crippen LogP contribution in [0.25, 0.3) is 0 Å². The second kappa shape index (κ2) is 4.00. The number of amides is 1. The van der Waals surface area contributed by atoms with E-state index in [0.29, 0.717) is 0 Å². The number of carbonyl (C=O) groups is 2. The maximum absolute atomic E-state index is 11.6. The standard InChI is InChI=1S/C11H13NO4/c1-6(11(14)15)12-10(13)8-5-7(8)9-3-2-4-16-9/h2-4,6-8H,5H2,1H3,(H,12,13)(H,14,15)/t6-,7?,8?/m1/s1. The lowest BCUT2D eigenvalue weighted by Crippen LogP contribution is -2.39. The molecule has 1 amide bonds. The van der Waals surface area contributed by atoms with Crippen LogP contribution in [0.15, 0.2) is 22.8 Å². The van der Waals surface area contributed by atoms with Gasteiger partial charge in [0.05, 0.1) is 6.26 Å². The summed E-state index contributed by atoms with van der Waals surface area (Å²) in [5.41, 5.74) is 0. The third kappa shape index (κ3) is 2.08. The SMILES string of the molecule is C[C@@H](NC(=O)C1CC1c1ccco1)C(=O)O. The summed E-state index contributed by atoms with van der Waals surface area (Å²) in [7, 11) is 0. The zero-order valence-corrected chi connectivity index (χ0v) is 8.84. The van der Waals surface area contributed by atoms with E-state index in [4.69, 9.17) is 9.52 Å². The van der Waals surface area contributed by atoms with E-state index in [-0.39, 0.29) is 17.7 Å². The van der Waals surface area contributed by atoms with Gasteiger partial charge < -0.3 is 14.8 Å². The largest absolute Gasteiger partial charge is 0.480 e. The lowest BCUT2D eigenvalue weighted by molar-refractivity contribution is -0.141.